The standard InChI is InChI=1S/C19H20BrClN2O2S2/c1-19(2,3)25-18(24)23(10-12-6-5-9-26-12)14-7-4-8-15(21)22-16-13(20)11-27-17(14)16/h5-6,8-9,11H,4,7,10H2,1-3H3/b15-8-,17-14-,22-16-. The zero-order valence-corrected chi connectivity index (χ0v) is 19.3. The van der Waals surface area contributed by atoms with E-state index in [4.69, 9.17) is 16.3 Å². The number of amides is 1. The summed E-state index contributed by atoms with van der Waals surface area (Å²) in [6.07, 6.45) is 2.91. The van der Waals surface area contributed by atoms with Gasteiger partial charge in [0.25, 0.3) is 0 Å². The number of hydrogen-bond donors (Lipinski definition) is 0. The second-order valence-corrected chi connectivity index (χ2v) is 10.2. The van der Waals surface area contributed by atoms with E-state index in [9.17, 15) is 4.79 Å². The Balaban J connectivity index is 2.14. The number of thiophene rings is 2. The molecular formula is C19H20BrClN2O2S2. The van der Waals surface area contributed by atoms with Crippen molar-refractivity contribution in [1.82, 2.24) is 4.90 Å². The van der Waals surface area contributed by atoms with Crippen LogP contribution in [0, 0.1) is 0 Å². The number of rotatable bonds is 3. The quantitative estimate of drug-likeness (QED) is 0.528. The van der Waals surface area contributed by atoms with Crippen LogP contribution in [0.5, 0.6) is 0 Å². The first-order chi connectivity index (χ1) is 12.7. The van der Waals surface area contributed by atoms with E-state index in [2.05, 4.69) is 20.9 Å². The summed E-state index contributed by atoms with van der Waals surface area (Å²) in [6.45, 7) is 6.10. The maximum Gasteiger partial charge on any atom is 0.414 e. The van der Waals surface area contributed by atoms with E-state index in [-0.39, 0.29) is 6.09 Å². The second-order valence-electron chi connectivity index (χ2n) is 7.03. The third kappa shape index (κ3) is 5.22. The van der Waals surface area contributed by atoms with Gasteiger partial charge in [-0.05, 0) is 67.1 Å². The molecule has 0 fully saturated rings. The maximum atomic E-state index is 13.1. The maximum absolute atomic E-state index is 13.1. The summed E-state index contributed by atoms with van der Waals surface area (Å²) >= 11 is 12.9. The Hall–Kier alpha value is -1.15. The van der Waals surface area contributed by atoms with Gasteiger partial charge in [-0.1, -0.05) is 17.7 Å². The van der Waals surface area contributed by atoms with E-state index in [1.807, 2.05) is 49.7 Å². The molecule has 0 radical (unpaired) electrons. The minimum Gasteiger partial charge on any atom is -0.443 e. The molecular weight excluding hydrogens is 468 g/mol. The first-order valence-electron chi connectivity index (χ1n) is 8.48. The van der Waals surface area contributed by atoms with Crippen LogP contribution in [0.4, 0.5) is 4.79 Å². The molecule has 0 N–H and O–H groups in total. The molecule has 1 aliphatic rings. The molecule has 0 spiro atoms. The van der Waals surface area contributed by atoms with Gasteiger partial charge < -0.3 is 4.74 Å². The summed E-state index contributed by atoms with van der Waals surface area (Å²) in [7, 11) is 0. The second kappa shape index (κ2) is 8.47. The van der Waals surface area contributed by atoms with E-state index in [1.165, 1.54) is 0 Å². The largest absolute Gasteiger partial charge is 0.443 e. The van der Waals surface area contributed by atoms with Crippen molar-refractivity contribution in [2.24, 2.45) is 4.99 Å². The third-order valence-corrected chi connectivity index (χ3v) is 6.76. The molecule has 2 aromatic heterocycles. The van der Waals surface area contributed by atoms with Gasteiger partial charge in [0.15, 0.2) is 0 Å². The molecule has 2 aromatic rings. The Morgan fingerprint density at radius 1 is 1.41 bits per heavy atom. The van der Waals surface area contributed by atoms with Crippen molar-refractivity contribution < 1.29 is 9.53 Å². The van der Waals surface area contributed by atoms with Crippen LogP contribution in [0.1, 0.15) is 38.5 Å². The Morgan fingerprint density at radius 2 is 2.19 bits per heavy atom. The van der Waals surface area contributed by atoms with Crippen LogP contribution in [-0.2, 0) is 11.3 Å². The minimum atomic E-state index is -0.570. The van der Waals surface area contributed by atoms with Gasteiger partial charge in [0, 0.05) is 16.0 Å². The predicted molar refractivity (Wildman–Crippen MR) is 115 cm³/mol. The summed E-state index contributed by atoms with van der Waals surface area (Å²) in [5, 5.41) is 5.21. The monoisotopic (exact) mass is 486 g/mol. The average molecular weight is 488 g/mol. The van der Waals surface area contributed by atoms with E-state index >= 15 is 0 Å². The highest BCUT2D eigenvalue weighted by atomic mass is 79.9. The lowest BCUT2D eigenvalue weighted by Crippen LogP contribution is -2.39. The molecule has 3 rings (SSSR count). The molecule has 0 bridgehead atoms. The van der Waals surface area contributed by atoms with Crippen molar-refractivity contribution in [3.63, 3.8) is 0 Å². The van der Waals surface area contributed by atoms with Crippen molar-refractivity contribution in [3.05, 3.63) is 53.4 Å². The number of fused-ring (bicyclic) bond motifs is 1. The summed E-state index contributed by atoms with van der Waals surface area (Å²) in [6, 6.07) is 4.01. The highest BCUT2D eigenvalue weighted by Gasteiger charge is 2.26. The summed E-state index contributed by atoms with van der Waals surface area (Å²) in [5.74, 6) is 0. The molecule has 3 heterocycles. The van der Waals surface area contributed by atoms with Crippen LogP contribution in [0.15, 0.2) is 43.6 Å². The number of hydrogen-bond acceptors (Lipinski definition) is 5. The van der Waals surface area contributed by atoms with Crippen LogP contribution in [-0.4, -0.2) is 16.6 Å². The van der Waals surface area contributed by atoms with Gasteiger partial charge >= 0.3 is 6.09 Å². The molecule has 0 aliphatic carbocycles. The molecule has 0 saturated carbocycles. The first-order valence-corrected chi connectivity index (χ1v) is 11.4. The zero-order chi connectivity index (χ0) is 19.6. The molecule has 27 heavy (non-hydrogen) atoms. The van der Waals surface area contributed by atoms with Crippen LogP contribution < -0.4 is 9.89 Å². The summed E-state index contributed by atoms with van der Waals surface area (Å²) < 4.78 is 7.52. The molecule has 0 atom stereocenters. The van der Waals surface area contributed by atoms with E-state index < -0.39 is 5.60 Å². The number of carbonyl (C=O) groups is 1. The lowest BCUT2D eigenvalue weighted by molar-refractivity contribution is 0.0337. The Morgan fingerprint density at radius 3 is 2.85 bits per heavy atom. The van der Waals surface area contributed by atoms with Gasteiger partial charge in [-0.25, -0.2) is 9.79 Å². The van der Waals surface area contributed by atoms with Gasteiger partial charge in [-0.15, -0.1) is 22.7 Å². The van der Waals surface area contributed by atoms with Crippen molar-refractivity contribution in [2.75, 3.05) is 0 Å². The van der Waals surface area contributed by atoms with Crippen LogP contribution >= 0.6 is 50.2 Å². The van der Waals surface area contributed by atoms with Crippen LogP contribution in [0.25, 0.3) is 5.70 Å². The fourth-order valence-corrected chi connectivity index (χ4v) is 5.17. The molecule has 144 valence electrons. The molecule has 0 aromatic carbocycles. The predicted octanol–water partition coefficient (Wildman–Crippen LogP) is 5.61. The molecule has 0 unspecified atom stereocenters. The Labute approximate surface area is 179 Å². The first kappa shape index (κ1) is 20.6. The fraction of sp³-hybridized carbons (Fsp3) is 0.368. The van der Waals surface area contributed by atoms with Gasteiger partial charge in [-0.3, -0.25) is 4.90 Å². The highest BCUT2D eigenvalue weighted by Crippen LogP contribution is 2.24. The summed E-state index contributed by atoms with van der Waals surface area (Å²) in [5.41, 5.74) is 0.340. The summed E-state index contributed by atoms with van der Waals surface area (Å²) in [4.78, 5) is 20.4. The topological polar surface area (TPSA) is 41.9 Å². The number of halogens is 2. The van der Waals surface area contributed by atoms with Crippen molar-refractivity contribution in [1.29, 1.82) is 0 Å². The highest BCUT2D eigenvalue weighted by molar-refractivity contribution is 9.10. The van der Waals surface area contributed by atoms with Gasteiger partial charge in [0.2, 0.25) is 0 Å². The van der Waals surface area contributed by atoms with E-state index in [1.54, 1.807) is 27.6 Å². The van der Waals surface area contributed by atoms with Crippen LogP contribution in [0.3, 0.4) is 0 Å². The normalized spacial score (nSPS) is 19.7. The van der Waals surface area contributed by atoms with Crippen LogP contribution in [0.2, 0.25) is 0 Å². The Kier molecular flexibility index (Phi) is 6.46. The van der Waals surface area contributed by atoms with Crippen molar-refractivity contribution >= 4 is 62.0 Å². The van der Waals surface area contributed by atoms with E-state index in [0.717, 1.165) is 24.9 Å². The van der Waals surface area contributed by atoms with Gasteiger partial charge in [0.1, 0.15) is 10.8 Å². The molecule has 0 saturated heterocycles. The molecule has 4 nitrogen and oxygen atoms in total. The Bertz CT molecular complexity index is 975. The van der Waals surface area contributed by atoms with Crippen molar-refractivity contribution in [2.45, 2.75) is 45.8 Å². The molecule has 8 heteroatoms. The zero-order valence-electron chi connectivity index (χ0n) is 15.3. The number of nitrogens with zero attached hydrogens (tertiary/aromatic N) is 2. The lowest BCUT2D eigenvalue weighted by Gasteiger charge is -2.29. The SMILES string of the molecule is CC(C)(C)OC(=O)N(Cc1cccs1)\C1=c2/scc(Br)/c2=N/C(Cl)=C\CC1. The molecule has 1 aliphatic heterocycles. The van der Waals surface area contributed by atoms with Gasteiger partial charge in [0.05, 0.1) is 20.9 Å². The van der Waals surface area contributed by atoms with E-state index in [0.29, 0.717) is 24.5 Å². The van der Waals surface area contributed by atoms with Crippen molar-refractivity contribution in [3.8, 4) is 0 Å². The number of carbonyl (C=O) groups excluding carboxylic acids is 1. The average Bonchev–Trinajstić information content (AvgIpc) is 3.17. The third-order valence-electron chi connectivity index (χ3n) is 3.73. The number of ether oxygens (including phenoxy) is 1. The number of allylic oxidation sites excluding steroid dienone is 1. The fourth-order valence-electron chi connectivity index (χ4n) is 2.64. The lowest BCUT2D eigenvalue weighted by atomic mass is 10.2. The minimum absolute atomic E-state index is 0.350. The smallest absolute Gasteiger partial charge is 0.414 e. The van der Waals surface area contributed by atoms with Gasteiger partial charge in [-0.2, -0.15) is 0 Å². The molecule has 1 amide bonds.